The van der Waals surface area contributed by atoms with Crippen molar-refractivity contribution in [2.75, 3.05) is 26.8 Å². The van der Waals surface area contributed by atoms with E-state index >= 15 is 0 Å². The van der Waals surface area contributed by atoms with Crippen LogP contribution in [-0.4, -0.2) is 44.0 Å². The Morgan fingerprint density at radius 2 is 1.47 bits per heavy atom. The van der Waals surface area contributed by atoms with E-state index in [4.69, 9.17) is 9.47 Å². The van der Waals surface area contributed by atoms with Gasteiger partial charge in [0.15, 0.2) is 0 Å². The fraction of sp³-hybridized carbons (Fsp3) is 0.548. The van der Waals surface area contributed by atoms with E-state index in [0.717, 1.165) is 44.3 Å². The standard InChI is InChI=1S/C31H45NO4/c1-30(2,3)27-19-25(20-28(21-27)31(4,5)6)23-36-18-16-32(15-9-8-10-17-33)22-24-11-13-26(14-12-24)29(34)35-7/h11-14,17,19-21H,8-10,15-16,18,22-23H2,1-7H3. The smallest absolute Gasteiger partial charge is 0.337 e. The molecular weight excluding hydrogens is 450 g/mol. The minimum Gasteiger partial charge on any atom is -0.465 e. The van der Waals surface area contributed by atoms with Crippen molar-refractivity contribution >= 4 is 12.3 Å². The molecule has 198 valence electrons. The molecule has 0 radical (unpaired) electrons. The molecule has 0 saturated heterocycles. The van der Waals surface area contributed by atoms with Crippen molar-refractivity contribution in [1.82, 2.24) is 4.90 Å². The number of rotatable bonds is 13. The fourth-order valence-electron chi connectivity index (χ4n) is 3.98. The van der Waals surface area contributed by atoms with Crippen LogP contribution in [0.4, 0.5) is 0 Å². The van der Waals surface area contributed by atoms with Gasteiger partial charge < -0.3 is 14.3 Å². The largest absolute Gasteiger partial charge is 0.465 e. The van der Waals surface area contributed by atoms with Crippen LogP contribution in [0.1, 0.15) is 93.4 Å². The predicted octanol–water partition coefficient (Wildman–Crippen LogP) is 6.46. The summed E-state index contributed by atoms with van der Waals surface area (Å²) in [7, 11) is 1.39. The van der Waals surface area contributed by atoms with E-state index in [1.807, 2.05) is 12.1 Å². The second-order valence-corrected chi connectivity index (χ2v) is 11.6. The summed E-state index contributed by atoms with van der Waals surface area (Å²) in [5.41, 5.74) is 5.72. The van der Waals surface area contributed by atoms with Crippen LogP contribution in [0.2, 0.25) is 0 Å². The molecule has 2 aromatic carbocycles. The molecule has 0 spiro atoms. The molecule has 0 aliphatic rings. The Morgan fingerprint density at radius 1 is 0.861 bits per heavy atom. The minimum absolute atomic E-state index is 0.0811. The van der Waals surface area contributed by atoms with Gasteiger partial charge in [0, 0.05) is 19.5 Å². The SMILES string of the molecule is COC(=O)c1ccc(CN(CCCCC=O)CCOCc2cc(C(C)(C)C)cc(C(C)(C)C)c2)cc1. The molecule has 5 heteroatoms. The first-order chi connectivity index (χ1) is 16.9. The number of carbonyl (C=O) groups excluding carboxylic acids is 2. The van der Waals surface area contributed by atoms with E-state index in [-0.39, 0.29) is 16.8 Å². The molecule has 0 heterocycles. The molecule has 0 aliphatic carbocycles. The van der Waals surface area contributed by atoms with Gasteiger partial charge in [0.25, 0.3) is 0 Å². The van der Waals surface area contributed by atoms with Crippen LogP contribution in [0.15, 0.2) is 42.5 Å². The first-order valence-electron chi connectivity index (χ1n) is 13.0. The highest BCUT2D eigenvalue weighted by molar-refractivity contribution is 5.89. The van der Waals surface area contributed by atoms with Gasteiger partial charge in [0.05, 0.1) is 25.9 Å². The Hall–Kier alpha value is -2.50. The third-order valence-corrected chi connectivity index (χ3v) is 6.37. The van der Waals surface area contributed by atoms with E-state index in [9.17, 15) is 9.59 Å². The highest BCUT2D eigenvalue weighted by atomic mass is 16.5. The Kier molecular flexibility index (Phi) is 11.3. The van der Waals surface area contributed by atoms with Crippen molar-refractivity contribution in [3.05, 3.63) is 70.3 Å². The molecule has 2 aromatic rings. The maximum atomic E-state index is 11.7. The second kappa shape index (κ2) is 13.7. The normalized spacial score (nSPS) is 12.1. The van der Waals surface area contributed by atoms with Crippen LogP contribution >= 0.6 is 0 Å². The lowest BCUT2D eigenvalue weighted by molar-refractivity contribution is -0.107. The lowest BCUT2D eigenvalue weighted by Gasteiger charge is -2.26. The molecule has 0 aromatic heterocycles. The van der Waals surface area contributed by atoms with Gasteiger partial charge in [-0.2, -0.15) is 0 Å². The van der Waals surface area contributed by atoms with Gasteiger partial charge in [-0.05, 0) is 64.6 Å². The second-order valence-electron chi connectivity index (χ2n) is 11.6. The van der Waals surface area contributed by atoms with Gasteiger partial charge in [0.1, 0.15) is 6.29 Å². The molecule has 5 nitrogen and oxygen atoms in total. The third kappa shape index (κ3) is 9.87. The van der Waals surface area contributed by atoms with E-state index in [0.29, 0.717) is 25.2 Å². The number of esters is 1. The van der Waals surface area contributed by atoms with Crippen molar-refractivity contribution in [2.45, 2.75) is 84.8 Å². The maximum absolute atomic E-state index is 11.7. The van der Waals surface area contributed by atoms with E-state index in [1.165, 1.54) is 23.8 Å². The Balaban J connectivity index is 2.02. The number of nitrogens with zero attached hydrogens (tertiary/aromatic N) is 1. The van der Waals surface area contributed by atoms with E-state index in [2.05, 4.69) is 64.6 Å². The molecule has 0 bridgehead atoms. The molecule has 0 aliphatic heterocycles. The summed E-state index contributed by atoms with van der Waals surface area (Å²) in [5, 5.41) is 0. The fourth-order valence-corrected chi connectivity index (χ4v) is 3.98. The van der Waals surface area contributed by atoms with E-state index in [1.54, 1.807) is 12.1 Å². The number of methoxy groups -OCH3 is 1. The lowest BCUT2D eigenvalue weighted by Crippen LogP contribution is -2.28. The van der Waals surface area contributed by atoms with Crippen molar-refractivity contribution in [3.8, 4) is 0 Å². The highest BCUT2D eigenvalue weighted by Gasteiger charge is 2.20. The molecule has 36 heavy (non-hydrogen) atoms. The third-order valence-electron chi connectivity index (χ3n) is 6.37. The van der Waals surface area contributed by atoms with Crippen molar-refractivity contribution < 1.29 is 19.1 Å². The zero-order valence-corrected chi connectivity index (χ0v) is 23.4. The van der Waals surface area contributed by atoms with Crippen molar-refractivity contribution in [3.63, 3.8) is 0 Å². The predicted molar refractivity (Wildman–Crippen MR) is 146 cm³/mol. The Bertz CT molecular complexity index is 935. The van der Waals surface area contributed by atoms with Gasteiger partial charge in [-0.15, -0.1) is 0 Å². The number of hydrogen-bond acceptors (Lipinski definition) is 5. The van der Waals surface area contributed by atoms with Gasteiger partial charge in [0.2, 0.25) is 0 Å². The zero-order valence-electron chi connectivity index (χ0n) is 23.4. The van der Waals surface area contributed by atoms with Crippen molar-refractivity contribution in [1.29, 1.82) is 0 Å². The summed E-state index contributed by atoms with van der Waals surface area (Å²) >= 11 is 0. The van der Waals surface area contributed by atoms with Crippen LogP contribution in [0, 0.1) is 0 Å². The topological polar surface area (TPSA) is 55.8 Å². The lowest BCUT2D eigenvalue weighted by atomic mass is 9.79. The van der Waals surface area contributed by atoms with E-state index < -0.39 is 0 Å². The monoisotopic (exact) mass is 495 g/mol. The number of benzene rings is 2. The summed E-state index contributed by atoms with van der Waals surface area (Å²) in [6.45, 7) is 17.2. The van der Waals surface area contributed by atoms with Gasteiger partial charge in [-0.1, -0.05) is 71.9 Å². The number of hydrogen-bond donors (Lipinski definition) is 0. The molecule has 0 N–H and O–H groups in total. The summed E-state index contributed by atoms with van der Waals surface area (Å²) in [6, 6.07) is 14.4. The maximum Gasteiger partial charge on any atom is 0.337 e. The average Bonchev–Trinajstić information content (AvgIpc) is 2.83. The molecule has 2 rings (SSSR count). The summed E-state index contributed by atoms with van der Waals surface area (Å²) in [4.78, 5) is 24.8. The van der Waals surface area contributed by atoms with Gasteiger partial charge in [-0.25, -0.2) is 4.79 Å². The number of ether oxygens (including phenoxy) is 2. The summed E-state index contributed by atoms with van der Waals surface area (Å²) in [5.74, 6) is -0.328. The Morgan fingerprint density at radius 3 is 2.00 bits per heavy atom. The van der Waals surface area contributed by atoms with Crippen LogP contribution in [0.25, 0.3) is 0 Å². The molecule has 0 saturated carbocycles. The van der Waals surface area contributed by atoms with Gasteiger partial charge >= 0.3 is 5.97 Å². The minimum atomic E-state index is -0.328. The van der Waals surface area contributed by atoms with Gasteiger partial charge in [-0.3, -0.25) is 4.90 Å². The first-order valence-corrected chi connectivity index (χ1v) is 13.0. The Labute approximate surface area is 218 Å². The number of unbranched alkanes of at least 4 members (excludes halogenated alkanes) is 2. The number of carbonyl (C=O) groups is 2. The summed E-state index contributed by atoms with van der Waals surface area (Å²) in [6.07, 6.45) is 3.42. The van der Waals surface area contributed by atoms with Crippen LogP contribution in [-0.2, 0) is 38.2 Å². The first kappa shape index (κ1) is 29.7. The average molecular weight is 496 g/mol. The zero-order chi connectivity index (χ0) is 26.8. The molecule has 0 amide bonds. The van der Waals surface area contributed by atoms with Crippen LogP contribution in [0.5, 0.6) is 0 Å². The molecule has 0 unspecified atom stereocenters. The number of aldehydes is 1. The molecular formula is C31H45NO4. The van der Waals surface area contributed by atoms with Crippen LogP contribution in [0.3, 0.4) is 0 Å². The highest BCUT2D eigenvalue weighted by Crippen LogP contribution is 2.30. The molecule has 0 atom stereocenters. The van der Waals surface area contributed by atoms with Crippen molar-refractivity contribution in [2.24, 2.45) is 0 Å². The molecule has 0 fully saturated rings. The quantitative estimate of drug-likeness (QED) is 0.181. The van der Waals surface area contributed by atoms with Crippen LogP contribution < -0.4 is 0 Å². The summed E-state index contributed by atoms with van der Waals surface area (Å²) < 4.78 is 10.9.